The summed E-state index contributed by atoms with van der Waals surface area (Å²) in [5, 5.41) is 4.69. The molecule has 9 heteroatoms. The van der Waals surface area contributed by atoms with E-state index in [1.54, 1.807) is 17.0 Å². The molecule has 0 bridgehead atoms. The van der Waals surface area contributed by atoms with E-state index in [9.17, 15) is 4.79 Å². The van der Waals surface area contributed by atoms with Crippen LogP contribution >= 0.6 is 11.6 Å². The molecule has 162 valence electrons. The van der Waals surface area contributed by atoms with E-state index in [-0.39, 0.29) is 5.91 Å². The highest BCUT2D eigenvalue weighted by Crippen LogP contribution is 2.22. The summed E-state index contributed by atoms with van der Waals surface area (Å²) in [6.07, 6.45) is 1.42. The fourth-order valence-electron chi connectivity index (χ4n) is 3.61. The van der Waals surface area contributed by atoms with Crippen molar-refractivity contribution in [3.63, 3.8) is 0 Å². The van der Waals surface area contributed by atoms with E-state index in [1.807, 2.05) is 42.5 Å². The van der Waals surface area contributed by atoms with Gasteiger partial charge in [-0.25, -0.2) is 4.98 Å². The van der Waals surface area contributed by atoms with Crippen molar-refractivity contribution in [1.82, 2.24) is 24.9 Å². The molecular formula is C23H20ClN5O3. The van der Waals surface area contributed by atoms with Crippen LogP contribution in [0.25, 0.3) is 22.9 Å². The van der Waals surface area contributed by atoms with Gasteiger partial charge < -0.3 is 13.8 Å². The van der Waals surface area contributed by atoms with Gasteiger partial charge in [0.25, 0.3) is 11.8 Å². The molecule has 8 nitrogen and oxygen atoms in total. The molecule has 0 N–H and O–H groups in total. The molecule has 2 aromatic heterocycles. The molecule has 1 fully saturated rings. The van der Waals surface area contributed by atoms with Crippen molar-refractivity contribution in [2.75, 3.05) is 26.2 Å². The molecule has 1 saturated heterocycles. The minimum atomic E-state index is -0.126. The lowest BCUT2D eigenvalue weighted by Crippen LogP contribution is -2.48. The maximum atomic E-state index is 12.8. The predicted molar refractivity (Wildman–Crippen MR) is 118 cm³/mol. The number of nitrogens with zero attached hydrogens (tertiary/aromatic N) is 5. The Labute approximate surface area is 189 Å². The van der Waals surface area contributed by atoms with Gasteiger partial charge in [0.1, 0.15) is 6.26 Å². The fourth-order valence-corrected chi connectivity index (χ4v) is 3.80. The number of aromatic nitrogens is 3. The Kier molecular flexibility index (Phi) is 5.70. The molecule has 1 aliphatic heterocycles. The van der Waals surface area contributed by atoms with Crippen LogP contribution < -0.4 is 0 Å². The average molecular weight is 450 g/mol. The summed E-state index contributed by atoms with van der Waals surface area (Å²) in [5.74, 6) is 1.36. The lowest BCUT2D eigenvalue weighted by molar-refractivity contribution is 0.0618. The van der Waals surface area contributed by atoms with E-state index < -0.39 is 0 Å². The van der Waals surface area contributed by atoms with Crippen LogP contribution in [0.2, 0.25) is 5.02 Å². The van der Waals surface area contributed by atoms with Gasteiger partial charge in [-0.3, -0.25) is 9.69 Å². The smallest absolute Gasteiger partial charge is 0.275 e. The van der Waals surface area contributed by atoms with E-state index in [0.717, 1.165) is 11.1 Å². The Morgan fingerprint density at radius 3 is 2.50 bits per heavy atom. The second-order valence-electron chi connectivity index (χ2n) is 7.50. The summed E-state index contributed by atoms with van der Waals surface area (Å²) < 4.78 is 10.9. The van der Waals surface area contributed by atoms with Gasteiger partial charge in [-0.15, -0.1) is 0 Å². The lowest BCUT2D eigenvalue weighted by atomic mass is 10.2. The molecule has 0 aliphatic carbocycles. The van der Waals surface area contributed by atoms with Gasteiger partial charge in [-0.1, -0.05) is 41.0 Å². The van der Waals surface area contributed by atoms with Crippen molar-refractivity contribution < 1.29 is 13.7 Å². The molecule has 0 atom stereocenters. The first kappa shape index (κ1) is 20.4. The van der Waals surface area contributed by atoms with Gasteiger partial charge in [0.2, 0.25) is 5.89 Å². The van der Waals surface area contributed by atoms with Crippen molar-refractivity contribution in [3.05, 3.63) is 77.4 Å². The SMILES string of the molecule is O=C(c1coc(-c2ccccc2)n1)N1CCN(Cc2noc(-c3cccc(Cl)c3)n2)CC1. The zero-order valence-corrected chi connectivity index (χ0v) is 17.9. The molecule has 32 heavy (non-hydrogen) atoms. The molecule has 0 unspecified atom stereocenters. The average Bonchev–Trinajstić information content (AvgIpc) is 3.50. The first-order chi connectivity index (χ1) is 15.7. The van der Waals surface area contributed by atoms with Gasteiger partial charge >= 0.3 is 0 Å². The number of benzene rings is 2. The summed E-state index contributed by atoms with van der Waals surface area (Å²) in [4.78, 5) is 25.6. The molecule has 3 heterocycles. The third-order valence-corrected chi connectivity index (χ3v) is 5.54. The minimum absolute atomic E-state index is 0.126. The van der Waals surface area contributed by atoms with Crippen molar-refractivity contribution in [2.24, 2.45) is 0 Å². The van der Waals surface area contributed by atoms with Gasteiger partial charge in [-0.05, 0) is 30.3 Å². The molecule has 1 amide bonds. The first-order valence-corrected chi connectivity index (χ1v) is 10.6. The van der Waals surface area contributed by atoms with Crippen molar-refractivity contribution in [2.45, 2.75) is 6.54 Å². The molecule has 0 radical (unpaired) electrons. The number of halogens is 1. The van der Waals surface area contributed by atoms with Crippen molar-refractivity contribution in [3.8, 4) is 22.9 Å². The number of carbonyl (C=O) groups excluding carboxylic acids is 1. The lowest BCUT2D eigenvalue weighted by Gasteiger charge is -2.33. The number of carbonyl (C=O) groups is 1. The van der Waals surface area contributed by atoms with Crippen LogP contribution in [0.15, 0.2) is 69.8 Å². The monoisotopic (exact) mass is 449 g/mol. The Morgan fingerprint density at radius 2 is 1.72 bits per heavy atom. The highest BCUT2D eigenvalue weighted by atomic mass is 35.5. The van der Waals surface area contributed by atoms with Gasteiger partial charge in [0.05, 0.1) is 6.54 Å². The Bertz CT molecular complexity index is 1220. The molecule has 5 rings (SSSR count). The minimum Gasteiger partial charge on any atom is -0.444 e. The van der Waals surface area contributed by atoms with Gasteiger partial charge in [0, 0.05) is 42.3 Å². The van der Waals surface area contributed by atoms with E-state index in [2.05, 4.69) is 20.0 Å². The van der Waals surface area contributed by atoms with Crippen LogP contribution in [0.5, 0.6) is 0 Å². The fraction of sp³-hybridized carbons (Fsp3) is 0.217. The maximum absolute atomic E-state index is 12.8. The maximum Gasteiger partial charge on any atom is 0.275 e. The summed E-state index contributed by atoms with van der Waals surface area (Å²) in [7, 11) is 0. The van der Waals surface area contributed by atoms with Crippen molar-refractivity contribution in [1.29, 1.82) is 0 Å². The number of hydrogen-bond acceptors (Lipinski definition) is 7. The van der Waals surface area contributed by atoms with Crippen molar-refractivity contribution >= 4 is 17.5 Å². The predicted octanol–water partition coefficient (Wildman–Crippen LogP) is 4.00. The number of hydrogen-bond donors (Lipinski definition) is 0. The number of rotatable bonds is 5. The van der Waals surface area contributed by atoms with Crippen LogP contribution in [-0.4, -0.2) is 57.0 Å². The van der Waals surface area contributed by atoms with E-state index in [1.165, 1.54) is 6.26 Å². The highest BCUT2D eigenvalue weighted by Gasteiger charge is 2.25. The molecule has 0 spiro atoms. The largest absolute Gasteiger partial charge is 0.444 e. The van der Waals surface area contributed by atoms with E-state index in [4.69, 9.17) is 20.5 Å². The molecule has 4 aromatic rings. The molecular weight excluding hydrogens is 430 g/mol. The summed E-state index contributed by atoms with van der Waals surface area (Å²) in [6.45, 7) is 3.14. The van der Waals surface area contributed by atoms with Crippen LogP contribution in [0.1, 0.15) is 16.3 Å². The number of oxazole rings is 1. The first-order valence-electron chi connectivity index (χ1n) is 10.3. The summed E-state index contributed by atoms with van der Waals surface area (Å²) >= 11 is 6.03. The topological polar surface area (TPSA) is 88.5 Å². The normalized spacial score (nSPS) is 14.6. The van der Waals surface area contributed by atoms with Crippen LogP contribution in [-0.2, 0) is 6.54 Å². The number of amides is 1. The summed E-state index contributed by atoms with van der Waals surface area (Å²) in [5.41, 5.74) is 1.95. The Morgan fingerprint density at radius 1 is 0.938 bits per heavy atom. The standard InChI is InChI=1S/C23H20ClN5O3/c24-18-8-4-7-17(13-18)22-26-20(27-32-22)14-28-9-11-29(12-10-28)23(30)19-15-31-21(25-19)16-5-2-1-3-6-16/h1-8,13,15H,9-12,14H2. The second kappa shape index (κ2) is 8.94. The molecule has 2 aromatic carbocycles. The Balaban J connectivity index is 1.17. The second-order valence-corrected chi connectivity index (χ2v) is 7.93. The third kappa shape index (κ3) is 4.42. The van der Waals surface area contributed by atoms with E-state index >= 15 is 0 Å². The van der Waals surface area contributed by atoms with Gasteiger partial charge in [-0.2, -0.15) is 4.98 Å². The zero-order chi connectivity index (χ0) is 21.9. The Hall–Kier alpha value is -3.49. The summed E-state index contributed by atoms with van der Waals surface area (Å²) in [6, 6.07) is 16.8. The van der Waals surface area contributed by atoms with E-state index in [0.29, 0.717) is 61.0 Å². The van der Waals surface area contributed by atoms with Crippen LogP contribution in [0.3, 0.4) is 0 Å². The molecule has 1 aliphatic rings. The quantitative estimate of drug-likeness (QED) is 0.455. The number of piperazine rings is 1. The molecule has 0 saturated carbocycles. The van der Waals surface area contributed by atoms with Gasteiger partial charge in [0.15, 0.2) is 11.5 Å². The van der Waals surface area contributed by atoms with Crippen LogP contribution in [0, 0.1) is 0 Å². The third-order valence-electron chi connectivity index (χ3n) is 5.31. The zero-order valence-electron chi connectivity index (χ0n) is 17.1. The van der Waals surface area contributed by atoms with Crippen LogP contribution in [0.4, 0.5) is 0 Å². The highest BCUT2D eigenvalue weighted by molar-refractivity contribution is 6.30.